The van der Waals surface area contributed by atoms with Crippen LogP contribution in [0.5, 0.6) is 5.88 Å². The number of carbonyl (C=O) groups is 1. The van der Waals surface area contributed by atoms with Gasteiger partial charge in [-0.1, -0.05) is 0 Å². The van der Waals surface area contributed by atoms with Crippen LogP contribution in [0.4, 0.5) is 0 Å². The van der Waals surface area contributed by atoms with Gasteiger partial charge >= 0.3 is 5.97 Å². The third kappa shape index (κ3) is 2.40. The lowest BCUT2D eigenvalue weighted by Gasteiger charge is -2.09. The standard InChI is InChI=1S/C8H10N2O3/c1-5(2)13-7-6(8(11)12)9-3-4-10-7/h3-5H,1-2H3,(H,11,12). The summed E-state index contributed by atoms with van der Waals surface area (Å²) < 4.78 is 5.15. The van der Waals surface area contributed by atoms with Gasteiger partial charge in [0.05, 0.1) is 6.10 Å². The Morgan fingerprint density at radius 1 is 1.46 bits per heavy atom. The summed E-state index contributed by atoms with van der Waals surface area (Å²) in [6.45, 7) is 3.58. The first-order valence-electron chi connectivity index (χ1n) is 3.82. The molecule has 0 amide bonds. The third-order valence-corrected chi connectivity index (χ3v) is 1.21. The van der Waals surface area contributed by atoms with Crippen molar-refractivity contribution >= 4 is 5.97 Å². The van der Waals surface area contributed by atoms with E-state index < -0.39 is 5.97 Å². The van der Waals surface area contributed by atoms with Crippen LogP contribution in [-0.4, -0.2) is 27.1 Å². The molecule has 1 aromatic rings. The predicted octanol–water partition coefficient (Wildman–Crippen LogP) is 0.962. The molecular formula is C8H10N2O3. The molecule has 0 spiro atoms. The molecule has 0 fully saturated rings. The molecule has 0 saturated heterocycles. The molecule has 0 unspecified atom stereocenters. The van der Waals surface area contributed by atoms with Crippen molar-refractivity contribution in [3.8, 4) is 5.88 Å². The Balaban J connectivity index is 2.98. The van der Waals surface area contributed by atoms with Crippen LogP contribution in [0.2, 0.25) is 0 Å². The SMILES string of the molecule is CC(C)Oc1nccnc1C(=O)O. The van der Waals surface area contributed by atoms with Gasteiger partial charge < -0.3 is 9.84 Å². The van der Waals surface area contributed by atoms with Crippen molar-refractivity contribution in [2.75, 3.05) is 0 Å². The summed E-state index contributed by atoms with van der Waals surface area (Å²) in [5.74, 6) is -1.08. The zero-order chi connectivity index (χ0) is 9.84. The fourth-order valence-electron chi connectivity index (χ4n) is 0.781. The van der Waals surface area contributed by atoms with Crippen molar-refractivity contribution in [3.05, 3.63) is 18.1 Å². The van der Waals surface area contributed by atoms with Crippen molar-refractivity contribution in [2.45, 2.75) is 20.0 Å². The van der Waals surface area contributed by atoms with Crippen molar-refractivity contribution < 1.29 is 14.6 Å². The Hall–Kier alpha value is -1.65. The third-order valence-electron chi connectivity index (χ3n) is 1.21. The molecule has 1 N–H and O–H groups in total. The van der Waals surface area contributed by atoms with E-state index in [9.17, 15) is 4.79 Å². The molecule has 0 atom stereocenters. The summed E-state index contributed by atoms with van der Waals surface area (Å²) in [7, 11) is 0. The molecule has 70 valence electrons. The van der Waals surface area contributed by atoms with Crippen LogP contribution >= 0.6 is 0 Å². The van der Waals surface area contributed by atoms with Crippen molar-refractivity contribution in [1.82, 2.24) is 9.97 Å². The smallest absolute Gasteiger partial charge is 0.360 e. The van der Waals surface area contributed by atoms with Crippen LogP contribution in [-0.2, 0) is 0 Å². The van der Waals surface area contributed by atoms with Crippen molar-refractivity contribution in [3.63, 3.8) is 0 Å². The number of rotatable bonds is 3. The molecule has 13 heavy (non-hydrogen) atoms. The first-order valence-corrected chi connectivity index (χ1v) is 3.82. The van der Waals surface area contributed by atoms with E-state index in [-0.39, 0.29) is 17.7 Å². The van der Waals surface area contributed by atoms with Gasteiger partial charge in [-0.3, -0.25) is 0 Å². The molecule has 0 aromatic carbocycles. The number of carboxylic acid groups (broad SMARTS) is 1. The maximum Gasteiger partial charge on any atom is 0.360 e. The highest BCUT2D eigenvalue weighted by molar-refractivity contribution is 5.87. The van der Waals surface area contributed by atoms with Gasteiger partial charge in [0, 0.05) is 12.4 Å². The van der Waals surface area contributed by atoms with Crippen LogP contribution in [0.15, 0.2) is 12.4 Å². The normalized spacial score (nSPS) is 10.1. The Morgan fingerprint density at radius 3 is 2.62 bits per heavy atom. The van der Waals surface area contributed by atoms with E-state index in [1.54, 1.807) is 13.8 Å². The highest BCUT2D eigenvalue weighted by Gasteiger charge is 2.14. The van der Waals surface area contributed by atoms with Crippen LogP contribution in [0.3, 0.4) is 0 Å². The molecule has 0 aliphatic carbocycles. The van der Waals surface area contributed by atoms with E-state index in [0.29, 0.717) is 0 Å². The number of aromatic nitrogens is 2. The summed E-state index contributed by atoms with van der Waals surface area (Å²) in [5.41, 5.74) is -0.156. The average molecular weight is 182 g/mol. The molecule has 5 heteroatoms. The highest BCUT2D eigenvalue weighted by Crippen LogP contribution is 2.12. The lowest BCUT2D eigenvalue weighted by Crippen LogP contribution is -2.12. The number of aromatic carboxylic acids is 1. The molecule has 0 bridgehead atoms. The molecule has 1 rings (SSSR count). The molecule has 1 heterocycles. The summed E-state index contributed by atoms with van der Waals surface area (Å²) >= 11 is 0. The zero-order valence-corrected chi connectivity index (χ0v) is 7.39. The maximum absolute atomic E-state index is 10.6. The Labute approximate surface area is 75.4 Å². The number of hydrogen-bond acceptors (Lipinski definition) is 4. The molecule has 0 radical (unpaired) electrons. The molecule has 0 aliphatic rings. The quantitative estimate of drug-likeness (QED) is 0.753. The number of hydrogen-bond donors (Lipinski definition) is 1. The Bertz CT molecular complexity index is 312. The van der Waals surface area contributed by atoms with Gasteiger partial charge in [-0.25, -0.2) is 14.8 Å². The van der Waals surface area contributed by atoms with E-state index in [4.69, 9.17) is 9.84 Å². The fraction of sp³-hybridized carbons (Fsp3) is 0.375. The first-order chi connectivity index (χ1) is 6.11. The van der Waals surface area contributed by atoms with Crippen LogP contribution in [0.1, 0.15) is 24.3 Å². The average Bonchev–Trinajstić information content (AvgIpc) is 2.03. The summed E-state index contributed by atoms with van der Waals surface area (Å²) in [6.07, 6.45) is 2.59. The van der Waals surface area contributed by atoms with E-state index in [1.807, 2.05) is 0 Å². The number of carboxylic acids is 1. The van der Waals surface area contributed by atoms with Gasteiger partial charge in [0.2, 0.25) is 11.6 Å². The molecule has 0 saturated carbocycles. The summed E-state index contributed by atoms with van der Waals surface area (Å²) in [5, 5.41) is 8.70. The highest BCUT2D eigenvalue weighted by atomic mass is 16.5. The van der Waals surface area contributed by atoms with Crippen molar-refractivity contribution in [2.24, 2.45) is 0 Å². The topological polar surface area (TPSA) is 72.3 Å². The summed E-state index contributed by atoms with van der Waals surface area (Å²) in [6, 6.07) is 0. The van der Waals surface area contributed by atoms with Gasteiger partial charge in [-0.05, 0) is 13.8 Å². The van der Waals surface area contributed by atoms with E-state index in [0.717, 1.165) is 0 Å². The lowest BCUT2D eigenvalue weighted by atomic mass is 10.4. The van der Waals surface area contributed by atoms with Crippen LogP contribution in [0, 0.1) is 0 Å². The minimum absolute atomic E-state index is 0.0602. The minimum atomic E-state index is -1.14. The predicted molar refractivity (Wildman–Crippen MR) is 44.8 cm³/mol. The van der Waals surface area contributed by atoms with E-state index >= 15 is 0 Å². The molecule has 0 aliphatic heterocycles. The van der Waals surface area contributed by atoms with Gasteiger partial charge in [0.25, 0.3) is 0 Å². The molecule has 5 nitrogen and oxygen atoms in total. The molecular weight excluding hydrogens is 172 g/mol. The Kier molecular flexibility index (Phi) is 2.79. The second-order valence-electron chi connectivity index (χ2n) is 2.68. The fourth-order valence-corrected chi connectivity index (χ4v) is 0.781. The number of nitrogens with zero attached hydrogens (tertiary/aromatic N) is 2. The van der Waals surface area contributed by atoms with Crippen LogP contribution < -0.4 is 4.74 Å². The second-order valence-corrected chi connectivity index (χ2v) is 2.68. The maximum atomic E-state index is 10.6. The van der Waals surface area contributed by atoms with E-state index in [2.05, 4.69) is 9.97 Å². The minimum Gasteiger partial charge on any atom is -0.476 e. The van der Waals surface area contributed by atoms with Gasteiger partial charge in [0.1, 0.15) is 0 Å². The number of ether oxygens (including phenoxy) is 1. The van der Waals surface area contributed by atoms with E-state index in [1.165, 1.54) is 12.4 Å². The largest absolute Gasteiger partial charge is 0.476 e. The zero-order valence-electron chi connectivity index (χ0n) is 7.39. The van der Waals surface area contributed by atoms with Gasteiger partial charge in [-0.2, -0.15) is 0 Å². The van der Waals surface area contributed by atoms with Gasteiger partial charge in [-0.15, -0.1) is 0 Å². The molecule has 1 aromatic heterocycles. The second kappa shape index (κ2) is 3.84. The first kappa shape index (κ1) is 9.44. The monoisotopic (exact) mass is 182 g/mol. The van der Waals surface area contributed by atoms with Crippen molar-refractivity contribution in [1.29, 1.82) is 0 Å². The Morgan fingerprint density at radius 2 is 2.08 bits per heavy atom. The lowest BCUT2D eigenvalue weighted by molar-refractivity contribution is 0.0682. The summed E-state index contributed by atoms with van der Waals surface area (Å²) in [4.78, 5) is 18.0. The van der Waals surface area contributed by atoms with Gasteiger partial charge in [0.15, 0.2) is 0 Å². The van der Waals surface area contributed by atoms with Crippen LogP contribution in [0.25, 0.3) is 0 Å².